The van der Waals surface area contributed by atoms with Gasteiger partial charge >= 0.3 is 0 Å². The Bertz CT molecular complexity index is 477. The van der Waals surface area contributed by atoms with Crippen LogP contribution in [0.3, 0.4) is 0 Å². The second-order valence-electron chi connectivity index (χ2n) is 4.55. The van der Waals surface area contributed by atoms with Crippen molar-refractivity contribution in [3.05, 3.63) is 58.5 Å². The van der Waals surface area contributed by atoms with E-state index in [1.165, 1.54) is 22.3 Å². The van der Waals surface area contributed by atoms with Crippen LogP contribution in [0.1, 0.15) is 34.1 Å². The zero-order valence-electron chi connectivity index (χ0n) is 10.9. The Morgan fingerprint density at radius 2 is 1.76 bits per heavy atom. The lowest BCUT2D eigenvalue weighted by atomic mass is 9.93. The molecule has 1 N–H and O–H groups in total. The van der Waals surface area contributed by atoms with Crippen LogP contribution in [0.2, 0.25) is 0 Å². The van der Waals surface area contributed by atoms with E-state index in [-0.39, 0.29) is 6.04 Å². The number of rotatable bonds is 3. The quantitative estimate of drug-likeness (QED) is 0.871. The minimum Gasteiger partial charge on any atom is -0.467 e. The molecule has 90 valence electrons. The third-order valence-corrected chi connectivity index (χ3v) is 3.14. The van der Waals surface area contributed by atoms with Crippen LogP contribution >= 0.6 is 0 Å². The molecule has 0 saturated carbocycles. The summed E-state index contributed by atoms with van der Waals surface area (Å²) in [5.41, 5.74) is 5.22. The van der Waals surface area contributed by atoms with E-state index in [4.69, 9.17) is 4.42 Å². The van der Waals surface area contributed by atoms with Crippen molar-refractivity contribution in [3.63, 3.8) is 0 Å². The second kappa shape index (κ2) is 4.76. The predicted molar refractivity (Wildman–Crippen MR) is 70.3 cm³/mol. The summed E-state index contributed by atoms with van der Waals surface area (Å²) >= 11 is 0. The van der Waals surface area contributed by atoms with Crippen LogP contribution in [-0.4, -0.2) is 7.05 Å². The minimum atomic E-state index is 0.130. The highest BCUT2D eigenvalue weighted by Gasteiger charge is 2.18. The van der Waals surface area contributed by atoms with Gasteiger partial charge in [0, 0.05) is 0 Å². The molecule has 1 aromatic carbocycles. The maximum Gasteiger partial charge on any atom is 0.125 e. The van der Waals surface area contributed by atoms with Crippen molar-refractivity contribution in [2.24, 2.45) is 0 Å². The van der Waals surface area contributed by atoms with Gasteiger partial charge in [-0.05, 0) is 56.6 Å². The molecule has 0 amide bonds. The molecule has 1 atom stereocenters. The SMILES string of the molecule is CNC(c1ccco1)c1c(C)cc(C)cc1C. The van der Waals surface area contributed by atoms with E-state index in [1.807, 2.05) is 19.2 Å². The van der Waals surface area contributed by atoms with E-state index in [1.54, 1.807) is 6.26 Å². The zero-order chi connectivity index (χ0) is 12.4. The van der Waals surface area contributed by atoms with E-state index in [9.17, 15) is 0 Å². The molecular formula is C15H19NO. The Labute approximate surface area is 103 Å². The van der Waals surface area contributed by atoms with E-state index >= 15 is 0 Å². The van der Waals surface area contributed by atoms with Crippen molar-refractivity contribution in [3.8, 4) is 0 Å². The summed E-state index contributed by atoms with van der Waals surface area (Å²) in [6.45, 7) is 6.44. The normalized spacial score (nSPS) is 12.7. The standard InChI is InChI=1S/C15H19NO/c1-10-8-11(2)14(12(3)9-10)15(16-4)13-6-5-7-17-13/h5-9,15-16H,1-4H3. The lowest BCUT2D eigenvalue weighted by Gasteiger charge is -2.20. The molecule has 0 spiro atoms. The monoisotopic (exact) mass is 229 g/mol. The lowest BCUT2D eigenvalue weighted by molar-refractivity contribution is 0.461. The van der Waals surface area contributed by atoms with Gasteiger partial charge in [0.1, 0.15) is 5.76 Å². The predicted octanol–water partition coefficient (Wildman–Crippen LogP) is 3.51. The van der Waals surface area contributed by atoms with Crippen molar-refractivity contribution < 1.29 is 4.42 Å². The first-order chi connectivity index (χ1) is 8.13. The van der Waals surface area contributed by atoms with Gasteiger partial charge in [-0.1, -0.05) is 17.7 Å². The highest BCUT2D eigenvalue weighted by atomic mass is 16.3. The second-order valence-corrected chi connectivity index (χ2v) is 4.55. The van der Waals surface area contributed by atoms with Gasteiger partial charge in [0.05, 0.1) is 12.3 Å². The first-order valence-corrected chi connectivity index (χ1v) is 5.92. The maximum atomic E-state index is 5.52. The number of aryl methyl sites for hydroxylation is 3. The summed E-state index contributed by atoms with van der Waals surface area (Å²) in [5.74, 6) is 0.961. The summed E-state index contributed by atoms with van der Waals surface area (Å²) in [6, 6.07) is 8.51. The number of nitrogens with one attached hydrogen (secondary N) is 1. The first-order valence-electron chi connectivity index (χ1n) is 5.92. The van der Waals surface area contributed by atoms with E-state index < -0.39 is 0 Å². The Balaban J connectivity index is 2.52. The molecule has 0 aliphatic heterocycles. The fourth-order valence-corrected chi connectivity index (χ4v) is 2.53. The van der Waals surface area contributed by atoms with Crippen molar-refractivity contribution >= 4 is 0 Å². The van der Waals surface area contributed by atoms with E-state index in [0.717, 1.165) is 5.76 Å². The summed E-state index contributed by atoms with van der Waals surface area (Å²) in [4.78, 5) is 0. The molecule has 0 bridgehead atoms. The Morgan fingerprint density at radius 1 is 1.12 bits per heavy atom. The van der Waals surface area contributed by atoms with Crippen LogP contribution in [0.4, 0.5) is 0 Å². The molecule has 2 rings (SSSR count). The van der Waals surface area contributed by atoms with Gasteiger partial charge in [-0.2, -0.15) is 0 Å². The third-order valence-electron chi connectivity index (χ3n) is 3.14. The topological polar surface area (TPSA) is 25.2 Å². The molecule has 1 heterocycles. The lowest BCUT2D eigenvalue weighted by Crippen LogP contribution is -2.19. The Kier molecular flexibility index (Phi) is 3.34. The molecular weight excluding hydrogens is 210 g/mol. The number of furan rings is 1. The average Bonchev–Trinajstić information content (AvgIpc) is 2.76. The maximum absolute atomic E-state index is 5.52. The smallest absolute Gasteiger partial charge is 0.125 e. The number of hydrogen-bond donors (Lipinski definition) is 1. The number of hydrogen-bond acceptors (Lipinski definition) is 2. The fraction of sp³-hybridized carbons (Fsp3) is 0.333. The molecule has 0 saturated heterocycles. The van der Waals surface area contributed by atoms with Crippen LogP contribution < -0.4 is 5.32 Å². The van der Waals surface area contributed by atoms with Gasteiger partial charge in [-0.15, -0.1) is 0 Å². The summed E-state index contributed by atoms with van der Waals surface area (Å²) in [7, 11) is 1.96. The van der Waals surface area contributed by atoms with Gasteiger partial charge < -0.3 is 9.73 Å². The van der Waals surface area contributed by atoms with Crippen molar-refractivity contribution in [2.45, 2.75) is 26.8 Å². The van der Waals surface area contributed by atoms with Crippen LogP contribution in [-0.2, 0) is 0 Å². The fourth-order valence-electron chi connectivity index (χ4n) is 2.53. The molecule has 1 aromatic heterocycles. The number of benzene rings is 1. The Hall–Kier alpha value is -1.54. The van der Waals surface area contributed by atoms with Gasteiger partial charge in [-0.3, -0.25) is 0 Å². The largest absolute Gasteiger partial charge is 0.467 e. The minimum absolute atomic E-state index is 0.130. The van der Waals surface area contributed by atoms with Crippen LogP contribution in [0, 0.1) is 20.8 Å². The van der Waals surface area contributed by atoms with Crippen molar-refractivity contribution in [1.82, 2.24) is 5.32 Å². The van der Waals surface area contributed by atoms with Crippen molar-refractivity contribution in [1.29, 1.82) is 0 Å². The van der Waals surface area contributed by atoms with Gasteiger partial charge in [0.2, 0.25) is 0 Å². The highest BCUT2D eigenvalue weighted by Crippen LogP contribution is 2.28. The van der Waals surface area contributed by atoms with Gasteiger partial charge in [0.25, 0.3) is 0 Å². The van der Waals surface area contributed by atoms with E-state index in [0.29, 0.717) is 0 Å². The summed E-state index contributed by atoms with van der Waals surface area (Å²) in [5, 5.41) is 3.33. The van der Waals surface area contributed by atoms with Crippen molar-refractivity contribution in [2.75, 3.05) is 7.05 Å². The van der Waals surface area contributed by atoms with Gasteiger partial charge in [0.15, 0.2) is 0 Å². The Morgan fingerprint density at radius 3 is 2.24 bits per heavy atom. The van der Waals surface area contributed by atoms with Crippen LogP contribution in [0.5, 0.6) is 0 Å². The third kappa shape index (κ3) is 2.27. The summed E-state index contributed by atoms with van der Waals surface area (Å²) < 4.78 is 5.52. The molecule has 2 aromatic rings. The molecule has 2 nitrogen and oxygen atoms in total. The first kappa shape index (κ1) is 11.9. The summed E-state index contributed by atoms with van der Waals surface area (Å²) in [6.07, 6.45) is 1.72. The molecule has 0 aliphatic rings. The molecule has 2 heteroatoms. The molecule has 0 radical (unpaired) electrons. The highest BCUT2D eigenvalue weighted by molar-refractivity contribution is 5.42. The van der Waals surface area contributed by atoms with Crippen LogP contribution in [0.15, 0.2) is 34.9 Å². The zero-order valence-corrected chi connectivity index (χ0v) is 10.9. The molecule has 17 heavy (non-hydrogen) atoms. The molecule has 1 unspecified atom stereocenters. The van der Waals surface area contributed by atoms with Crippen LogP contribution in [0.25, 0.3) is 0 Å². The molecule has 0 fully saturated rings. The van der Waals surface area contributed by atoms with E-state index in [2.05, 4.69) is 38.2 Å². The average molecular weight is 229 g/mol. The molecule has 0 aliphatic carbocycles. The van der Waals surface area contributed by atoms with Gasteiger partial charge in [-0.25, -0.2) is 0 Å².